The highest BCUT2D eigenvalue weighted by Crippen LogP contribution is 2.21. The number of aromatic nitrogens is 6. The lowest BCUT2D eigenvalue weighted by Gasteiger charge is -2.06. The van der Waals surface area contributed by atoms with E-state index in [4.69, 9.17) is 0 Å². The minimum Gasteiger partial charge on any atom is -0.337 e. The van der Waals surface area contributed by atoms with Crippen LogP contribution >= 0.6 is 0 Å². The maximum atomic E-state index is 4.37. The van der Waals surface area contributed by atoms with Crippen molar-refractivity contribution in [1.29, 1.82) is 0 Å². The van der Waals surface area contributed by atoms with Crippen LogP contribution in [0, 0.1) is 0 Å². The van der Waals surface area contributed by atoms with Crippen molar-refractivity contribution < 1.29 is 0 Å². The quantitative estimate of drug-likeness (QED) is 0.602. The zero-order chi connectivity index (χ0) is 14.8. The first kappa shape index (κ1) is 12.4. The van der Waals surface area contributed by atoms with Gasteiger partial charge in [0.15, 0.2) is 11.5 Å². The van der Waals surface area contributed by atoms with Crippen molar-refractivity contribution >= 4 is 22.5 Å². The van der Waals surface area contributed by atoms with E-state index in [1.165, 1.54) is 6.33 Å². The molecule has 4 rings (SSSR count). The van der Waals surface area contributed by atoms with Gasteiger partial charge >= 0.3 is 0 Å². The molecule has 106 valence electrons. The molecular formula is C15H11N7. The topological polar surface area (TPSA) is 92.3 Å². The molecule has 0 fully saturated rings. The maximum Gasteiger partial charge on any atom is 0.160 e. The summed E-state index contributed by atoms with van der Waals surface area (Å²) in [4.78, 5) is 17.1. The smallest absolute Gasteiger partial charge is 0.160 e. The fourth-order valence-corrected chi connectivity index (χ4v) is 2.13. The number of hydrogen-bond donors (Lipinski definition) is 2. The lowest BCUT2D eigenvalue weighted by Crippen LogP contribution is -1.97. The van der Waals surface area contributed by atoms with E-state index in [0.29, 0.717) is 17.3 Å². The molecule has 0 bridgehead atoms. The second kappa shape index (κ2) is 5.21. The highest BCUT2D eigenvalue weighted by molar-refractivity contribution is 5.87. The average molecular weight is 289 g/mol. The van der Waals surface area contributed by atoms with E-state index in [-0.39, 0.29) is 0 Å². The highest BCUT2D eigenvalue weighted by Gasteiger charge is 2.06. The predicted molar refractivity (Wildman–Crippen MR) is 82.4 cm³/mol. The lowest BCUT2D eigenvalue weighted by molar-refractivity contribution is 1.09. The Labute approximate surface area is 125 Å². The molecule has 3 aromatic heterocycles. The van der Waals surface area contributed by atoms with E-state index in [1.54, 1.807) is 18.6 Å². The number of nitrogens with zero attached hydrogens (tertiary/aromatic N) is 5. The largest absolute Gasteiger partial charge is 0.337 e. The lowest BCUT2D eigenvalue weighted by atomic mass is 10.2. The number of H-pyrrole nitrogens is 1. The molecule has 3 heterocycles. The monoisotopic (exact) mass is 289 g/mol. The first-order valence-corrected chi connectivity index (χ1v) is 6.69. The number of benzene rings is 1. The Bertz CT molecular complexity index is 900. The standard InChI is InChI=1S/C15H11N7/c1-2-4-10(5-3-1)13-16-6-11(7-17-13)21-14-12-8-20-22-15(12)19-9-18-14/h1-9H,(H2,18,19,20,21,22). The van der Waals surface area contributed by atoms with Gasteiger partial charge < -0.3 is 5.32 Å². The highest BCUT2D eigenvalue weighted by atomic mass is 15.2. The Morgan fingerprint density at radius 1 is 0.864 bits per heavy atom. The van der Waals surface area contributed by atoms with Gasteiger partial charge in [-0.15, -0.1) is 0 Å². The van der Waals surface area contributed by atoms with Crippen LogP contribution in [0.15, 0.2) is 55.2 Å². The van der Waals surface area contributed by atoms with Gasteiger partial charge in [-0.3, -0.25) is 5.10 Å². The molecule has 0 aliphatic carbocycles. The molecule has 0 radical (unpaired) electrons. The van der Waals surface area contributed by atoms with Crippen LogP contribution < -0.4 is 5.32 Å². The van der Waals surface area contributed by atoms with E-state index in [9.17, 15) is 0 Å². The summed E-state index contributed by atoms with van der Waals surface area (Å²) in [7, 11) is 0. The van der Waals surface area contributed by atoms with Crippen LogP contribution in [0.4, 0.5) is 11.5 Å². The molecule has 0 aliphatic heterocycles. The third kappa shape index (κ3) is 2.24. The number of nitrogens with one attached hydrogen (secondary N) is 2. The number of aromatic amines is 1. The average Bonchev–Trinajstić information content (AvgIpc) is 3.06. The normalized spacial score (nSPS) is 10.7. The summed E-state index contributed by atoms with van der Waals surface area (Å²) in [6.45, 7) is 0. The molecule has 0 saturated carbocycles. The van der Waals surface area contributed by atoms with Gasteiger partial charge in [-0.25, -0.2) is 19.9 Å². The van der Waals surface area contributed by atoms with Gasteiger partial charge in [0.2, 0.25) is 0 Å². The number of rotatable bonds is 3. The number of anilines is 2. The molecule has 0 atom stereocenters. The van der Waals surface area contributed by atoms with Crippen LogP contribution in [0.25, 0.3) is 22.4 Å². The van der Waals surface area contributed by atoms with Crippen molar-refractivity contribution in [3.63, 3.8) is 0 Å². The molecule has 22 heavy (non-hydrogen) atoms. The van der Waals surface area contributed by atoms with E-state index in [2.05, 4.69) is 35.5 Å². The van der Waals surface area contributed by atoms with E-state index in [0.717, 1.165) is 16.6 Å². The Morgan fingerprint density at radius 3 is 2.50 bits per heavy atom. The summed E-state index contributed by atoms with van der Waals surface area (Å²) in [6.07, 6.45) is 6.60. The summed E-state index contributed by atoms with van der Waals surface area (Å²) in [5.41, 5.74) is 2.41. The Balaban J connectivity index is 1.63. The Morgan fingerprint density at radius 2 is 1.68 bits per heavy atom. The minimum absolute atomic E-state index is 0.662. The minimum atomic E-state index is 0.662. The van der Waals surface area contributed by atoms with Crippen molar-refractivity contribution in [3.8, 4) is 11.4 Å². The van der Waals surface area contributed by atoms with Crippen LogP contribution in [0.1, 0.15) is 0 Å². The second-order valence-electron chi connectivity index (χ2n) is 4.64. The molecule has 7 nitrogen and oxygen atoms in total. The van der Waals surface area contributed by atoms with Gasteiger partial charge in [0.1, 0.15) is 12.1 Å². The Kier molecular flexibility index (Phi) is 2.93. The zero-order valence-electron chi connectivity index (χ0n) is 11.4. The van der Waals surface area contributed by atoms with Crippen LogP contribution in [0.2, 0.25) is 0 Å². The molecule has 2 N–H and O–H groups in total. The molecule has 0 aliphatic rings. The van der Waals surface area contributed by atoms with Gasteiger partial charge in [0, 0.05) is 5.56 Å². The van der Waals surface area contributed by atoms with Crippen LogP contribution in [0.5, 0.6) is 0 Å². The van der Waals surface area contributed by atoms with Crippen LogP contribution in [-0.2, 0) is 0 Å². The summed E-state index contributed by atoms with van der Waals surface area (Å²) in [6, 6.07) is 9.83. The number of hydrogen-bond acceptors (Lipinski definition) is 6. The predicted octanol–water partition coefficient (Wildman–Crippen LogP) is 2.55. The SMILES string of the molecule is c1ccc(-c2ncc(Nc3ncnc4[nH]ncc34)cn2)cc1. The molecule has 0 unspecified atom stereocenters. The van der Waals surface area contributed by atoms with Gasteiger partial charge in [-0.05, 0) is 0 Å². The fraction of sp³-hybridized carbons (Fsp3) is 0. The number of fused-ring (bicyclic) bond motifs is 1. The van der Waals surface area contributed by atoms with Gasteiger partial charge in [-0.1, -0.05) is 30.3 Å². The summed E-state index contributed by atoms with van der Waals surface area (Å²) in [5.74, 6) is 1.34. The first-order valence-electron chi connectivity index (χ1n) is 6.69. The van der Waals surface area contributed by atoms with Crippen LogP contribution in [-0.4, -0.2) is 30.1 Å². The molecule has 0 spiro atoms. The molecule has 0 saturated heterocycles. The first-order chi connectivity index (χ1) is 10.9. The molecule has 0 amide bonds. The molecule has 7 heteroatoms. The van der Waals surface area contributed by atoms with Crippen molar-refractivity contribution in [2.75, 3.05) is 5.32 Å². The van der Waals surface area contributed by atoms with Gasteiger partial charge in [0.25, 0.3) is 0 Å². The van der Waals surface area contributed by atoms with Crippen molar-refractivity contribution in [2.24, 2.45) is 0 Å². The van der Waals surface area contributed by atoms with Gasteiger partial charge in [-0.2, -0.15) is 5.10 Å². The summed E-state index contributed by atoms with van der Waals surface area (Å²) in [5, 5.41) is 10.8. The third-order valence-corrected chi connectivity index (χ3v) is 3.19. The molecular weight excluding hydrogens is 278 g/mol. The third-order valence-electron chi connectivity index (χ3n) is 3.19. The maximum absolute atomic E-state index is 4.37. The van der Waals surface area contributed by atoms with Gasteiger partial charge in [0.05, 0.1) is 29.7 Å². The molecule has 1 aromatic carbocycles. The molecule has 4 aromatic rings. The summed E-state index contributed by atoms with van der Waals surface area (Å²) >= 11 is 0. The van der Waals surface area contributed by atoms with Crippen LogP contribution in [0.3, 0.4) is 0 Å². The van der Waals surface area contributed by atoms with E-state index in [1.807, 2.05) is 30.3 Å². The Hall–Kier alpha value is -3.35. The summed E-state index contributed by atoms with van der Waals surface area (Å²) < 4.78 is 0. The van der Waals surface area contributed by atoms with Crippen molar-refractivity contribution in [2.45, 2.75) is 0 Å². The van der Waals surface area contributed by atoms with E-state index >= 15 is 0 Å². The van der Waals surface area contributed by atoms with Crippen molar-refractivity contribution in [3.05, 3.63) is 55.2 Å². The second-order valence-corrected chi connectivity index (χ2v) is 4.64. The van der Waals surface area contributed by atoms with E-state index < -0.39 is 0 Å². The zero-order valence-corrected chi connectivity index (χ0v) is 11.4. The van der Waals surface area contributed by atoms with Crippen molar-refractivity contribution in [1.82, 2.24) is 30.1 Å². The fourth-order valence-electron chi connectivity index (χ4n) is 2.13.